The van der Waals surface area contributed by atoms with Crippen molar-refractivity contribution in [3.63, 3.8) is 0 Å². The molecule has 2 saturated heterocycles. The van der Waals surface area contributed by atoms with Gasteiger partial charge in [-0.3, -0.25) is 9.69 Å². The fourth-order valence-corrected chi connectivity index (χ4v) is 5.21. The maximum absolute atomic E-state index is 13.8. The molecule has 0 radical (unpaired) electrons. The van der Waals surface area contributed by atoms with Crippen LogP contribution in [0.25, 0.3) is 0 Å². The average molecular weight is 507 g/mol. The number of halogens is 1. The van der Waals surface area contributed by atoms with Crippen LogP contribution in [-0.4, -0.2) is 82.5 Å². The van der Waals surface area contributed by atoms with Crippen molar-refractivity contribution in [2.45, 2.75) is 32.0 Å². The summed E-state index contributed by atoms with van der Waals surface area (Å²) in [5, 5.41) is 8.12. The van der Waals surface area contributed by atoms with E-state index in [0.717, 1.165) is 5.69 Å². The van der Waals surface area contributed by atoms with E-state index in [1.807, 2.05) is 17.0 Å². The maximum atomic E-state index is 13.8. The van der Waals surface area contributed by atoms with Gasteiger partial charge < -0.3 is 14.5 Å². The molecule has 0 aliphatic carbocycles. The molecule has 9 nitrogen and oxygen atoms in total. The van der Waals surface area contributed by atoms with Crippen LogP contribution in [-0.2, 0) is 16.1 Å². The monoisotopic (exact) mass is 506 g/mol. The number of hydrogen-bond acceptors (Lipinski definition) is 7. The van der Waals surface area contributed by atoms with Gasteiger partial charge in [-0.15, -0.1) is 5.10 Å². The van der Waals surface area contributed by atoms with Gasteiger partial charge in [0, 0.05) is 45.0 Å². The number of methoxy groups -OCH3 is 1. The summed E-state index contributed by atoms with van der Waals surface area (Å²) in [4.78, 5) is 32.0. The third-order valence-electron chi connectivity index (χ3n) is 7.36. The fraction of sp³-hybridized carbons (Fsp3) is 0.407. The topological polar surface area (TPSA) is 83.8 Å². The third-order valence-corrected chi connectivity index (χ3v) is 7.36. The Kier molecular flexibility index (Phi) is 7.18. The molecule has 1 aromatic heterocycles. The molecule has 10 heteroatoms. The van der Waals surface area contributed by atoms with Crippen LogP contribution >= 0.6 is 0 Å². The molecule has 3 aromatic rings. The van der Waals surface area contributed by atoms with Gasteiger partial charge in [-0.25, -0.2) is 13.9 Å². The molecule has 3 heterocycles. The van der Waals surface area contributed by atoms with Gasteiger partial charge in [0.25, 0.3) is 0 Å². The van der Waals surface area contributed by atoms with Gasteiger partial charge in [0.15, 0.2) is 5.69 Å². The number of benzene rings is 2. The predicted octanol–water partition coefficient (Wildman–Crippen LogP) is 2.68. The van der Waals surface area contributed by atoms with Crippen molar-refractivity contribution in [3.05, 3.63) is 77.4 Å². The Bertz CT molecular complexity index is 1260. The summed E-state index contributed by atoms with van der Waals surface area (Å²) in [5.41, 5.74) is 3.47. The van der Waals surface area contributed by atoms with E-state index in [1.54, 1.807) is 23.0 Å². The average Bonchev–Trinajstić information content (AvgIpc) is 3.57. The number of rotatable bonds is 6. The number of likely N-dealkylation sites (tertiary alicyclic amines) is 1. The highest BCUT2D eigenvalue weighted by Gasteiger charge is 2.41. The number of carbonyl (C=O) groups is 2. The quantitative estimate of drug-likeness (QED) is 0.476. The Morgan fingerprint density at radius 1 is 1.05 bits per heavy atom. The standard InChI is InChI=1S/C27H31FN6O3/c1-19-5-3-4-6-20(19)16-33-17-23(34-18-24(29-30-34)27(36)37-2)15-25(33)26(35)32-13-11-31(12-14-32)22-9-7-21(28)8-10-22/h3-10,18,23,25H,11-17H2,1-2H3/t23-,25-/m0/s1. The SMILES string of the molecule is COC(=O)c1cn([C@H]2C[C@@H](C(=O)N3CCN(c4ccc(F)cc4)CC3)N(Cc3ccccc3C)C2)nn1. The molecule has 2 aliphatic rings. The van der Waals surface area contributed by atoms with E-state index in [4.69, 9.17) is 4.74 Å². The molecule has 5 rings (SSSR count). The Hall–Kier alpha value is -3.79. The number of carbonyl (C=O) groups excluding carboxylic acids is 2. The first-order valence-corrected chi connectivity index (χ1v) is 12.5. The number of piperazine rings is 1. The van der Waals surface area contributed by atoms with Crippen LogP contribution < -0.4 is 4.90 Å². The lowest BCUT2D eigenvalue weighted by Gasteiger charge is -2.38. The van der Waals surface area contributed by atoms with Gasteiger partial charge in [0.05, 0.1) is 25.4 Å². The predicted molar refractivity (Wildman–Crippen MR) is 136 cm³/mol. The number of aryl methyl sites for hydroxylation is 1. The van der Waals surface area contributed by atoms with E-state index in [9.17, 15) is 14.0 Å². The molecule has 0 spiro atoms. The second-order valence-electron chi connectivity index (χ2n) is 9.63. The molecule has 2 aliphatic heterocycles. The molecule has 2 aromatic carbocycles. The van der Waals surface area contributed by atoms with Gasteiger partial charge in [-0.1, -0.05) is 29.5 Å². The summed E-state index contributed by atoms with van der Waals surface area (Å²) in [7, 11) is 1.31. The lowest BCUT2D eigenvalue weighted by molar-refractivity contribution is -0.136. The second-order valence-corrected chi connectivity index (χ2v) is 9.63. The molecule has 0 unspecified atom stereocenters. The highest BCUT2D eigenvalue weighted by molar-refractivity contribution is 5.86. The minimum Gasteiger partial charge on any atom is -0.464 e. The van der Waals surface area contributed by atoms with E-state index in [1.165, 1.54) is 30.4 Å². The minimum atomic E-state index is -0.535. The van der Waals surface area contributed by atoms with Crippen molar-refractivity contribution in [3.8, 4) is 0 Å². The maximum Gasteiger partial charge on any atom is 0.360 e. The molecule has 1 amide bonds. The Labute approximate surface area is 215 Å². The van der Waals surface area contributed by atoms with E-state index in [2.05, 4.69) is 39.2 Å². The molecule has 0 saturated carbocycles. The van der Waals surface area contributed by atoms with Crippen molar-refractivity contribution < 1.29 is 18.7 Å². The number of hydrogen-bond donors (Lipinski definition) is 0. The fourth-order valence-electron chi connectivity index (χ4n) is 5.21. The summed E-state index contributed by atoms with van der Waals surface area (Å²) in [6.07, 6.45) is 2.17. The van der Waals surface area contributed by atoms with Gasteiger partial charge in [0.2, 0.25) is 5.91 Å². The number of anilines is 1. The third kappa shape index (κ3) is 5.34. The van der Waals surface area contributed by atoms with Gasteiger partial charge in [-0.2, -0.15) is 0 Å². The van der Waals surface area contributed by atoms with Crippen molar-refractivity contribution in [1.82, 2.24) is 24.8 Å². The molecule has 194 valence electrons. The van der Waals surface area contributed by atoms with Crippen molar-refractivity contribution in [1.29, 1.82) is 0 Å². The summed E-state index contributed by atoms with van der Waals surface area (Å²) in [6, 6.07) is 14.3. The van der Waals surface area contributed by atoms with Gasteiger partial charge in [0.1, 0.15) is 5.82 Å². The van der Waals surface area contributed by atoms with E-state index >= 15 is 0 Å². The summed E-state index contributed by atoms with van der Waals surface area (Å²) < 4.78 is 19.8. The van der Waals surface area contributed by atoms with E-state index in [0.29, 0.717) is 45.7 Å². The van der Waals surface area contributed by atoms with Crippen molar-refractivity contribution in [2.24, 2.45) is 0 Å². The molecule has 2 atom stereocenters. The first kappa shape index (κ1) is 24.9. The van der Waals surface area contributed by atoms with Gasteiger partial charge in [-0.05, 0) is 48.7 Å². The largest absolute Gasteiger partial charge is 0.464 e. The Balaban J connectivity index is 1.31. The summed E-state index contributed by atoms with van der Waals surface area (Å²) in [5.74, 6) is -0.691. The van der Waals surface area contributed by atoms with Gasteiger partial charge >= 0.3 is 5.97 Å². The highest BCUT2D eigenvalue weighted by Crippen LogP contribution is 2.31. The zero-order chi connectivity index (χ0) is 25.9. The molecule has 2 fully saturated rings. The van der Waals surface area contributed by atoms with Crippen LogP contribution in [0.5, 0.6) is 0 Å². The number of ether oxygens (including phenoxy) is 1. The minimum absolute atomic E-state index is 0.0932. The number of aromatic nitrogens is 3. The number of nitrogens with zero attached hydrogens (tertiary/aromatic N) is 6. The highest BCUT2D eigenvalue weighted by atomic mass is 19.1. The zero-order valence-electron chi connectivity index (χ0n) is 21.1. The van der Waals surface area contributed by atoms with E-state index < -0.39 is 5.97 Å². The van der Waals surface area contributed by atoms with Crippen LogP contribution in [0.4, 0.5) is 10.1 Å². The summed E-state index contributed by atoms with van der Waals surface area (Å²) in [6.45, 7) is 5.93. The lowest BCUT2D eigenvalue weighted by Crippen LogP contribution is -2.53. The molecule has 0 N–H and O–H groups in total. The molecule has 37 heavy (non-hydrogen) atoms. The molecule has 0 bridgehead atoms. The lowest BCUT2D eigenvalue weighted by atomic mass is 10.1. The summed E-state index contributed by atoms with van der Waals surface area (Å²) >= 11 is 0. The second kappa shape index (κ2) is 10.7. The first-order valence-electron chi connectivity index (χ1n) is 12.5. The normalized spacial score (nSPS) is 20.3. The van der Waals surface area contributed by atoms with Crippen LogP contribution in [0.2, 0.25) is 0 Å². The number of amides is 1. The zero-order valence-corrected chi connectivity index (χ0v) is 21.1. The van der Waals surface area contributed by atoms with Crippen LogP contribution in [0.3, 0.4) is 0 Å². The number of esters is 1. The molecular weight excluding hydrogens is 475 g/mol. The smallest absolute Gasteiger partial charge is 0.360 e. The van der Waals surface area contributed by atoms with Crippen molar-refractivity contribution in [2.75, 3.05) is 44.7 Å². The van der Waals surface area contributed by atoms with Crippen LogP contribution in [0.1, 0.15) is 34.1 Å². The van der Waals surface area contributed by atoms with E-state index in [-0.39, 0.29) is 29.5 Å². The Morgan fingerprint density at radius 2 is 1.78 bits per heavy atom. The van der Waals surface area contributed by atoms with Crippen LogP contribution in [0.15, 0.2) is 54.7 Å². The van der Waals surface area contributed by atoms with Crippen molar-refractivity contribution >= 4 is 17.6 Å². The Morgan fingerprint density at radius 3 is 2.49 bits per heavy atom. The van der Waals surface area contributed by atoms with Crippen LogP contribution in [0, 0.1) is 12.7 Å². The molecular formula is C27H31FN6O3. The first-order chi connectivity index (χ1) is 17.9.